The van der Waals surface area contributed by atoms with Gasteiger partial charge in [-0.15, -0.1) is 21.5 Å². The first-order valence-corrected chi connectivity index (χ1v) is 12.8. The van der Waals surface area contributed by atoms with E-state index >= 15 is 0 Å². The molecule has 1 aliphatic heterocycles. The van der Waals surface area contributed by atoms with Gasteiger partial charge in [0.05, 0.1) is 29.8 Å². The van der Waals surface area contributed by atoms with Crippen molar-refractivity contribution in [3.63, 3.8) is 0 Å². The lowest BCUT2D eigenvalue weighted by molar-refractivity contribution is -0.115. The highest BCUT2D eigenvalue weighted by molar-refractivity contribution is 8.00. The number of nitrogens with zero attached hydrogens (tertiary/aromatic N) is 5. The molecule has 10 heteroatoms. The number of nitrogens with one attached hydrogen (secondary N) is 1. The summed E-state index contributed by atoms with van der Waals surface area (Å²) in [7, 11) is 0. The maximum absolute atomic E-state index is 13.0. The van der Waals surface area contributed by atoms with Gasteiger partial charge in [0, 0.05) is 24.0 Å². The van der Waals surface area contributed by atoms with E-state index in [1.54, 1.807) is 0 Å². The maximum Gasteiger partial charge on any atom is 0.239 e. The summed E-state index contributed by atoms with van der Waals surface area (Å²) in [6.45, 7) is 4.67. The number of anilines is 2. The Morgan fingerprint density at radius 1 is 1.06 bits per heavy atom. The zero-order valence-corrected chi connectivity index (χ0v) is 20.3. The van der Waals surface area contributed by atoms with E-state index < -0.39 is 5.25 Å². The summed E-state index contributed by atoms with van der Waals surface area (Å²) in [5, 5.41) is 14.7. The molecule has 1 amide bonds. The smallest absolute Gasteiger partial charge is 0.239 e. The molecule has 0 aliphatic carbocycles. The third-order valence-corrected chi connectivity index (χ3v) is 7.18. The molecule has 4 aromatic rings. The molecule has 5 rings (SSSR count). The Kier molecular flexibility index (Phi) is 6.89. The molecule has 1 unspecified atom stereocenters. The maximum atomic E-state index is 13.0. The molecule has 0 bridgehead atoms. The minimum absolute atomic E-state index is 0.130. The van der Waals surface area contributed by atoms with Crippen molar-refractivity contribution >= 4 is 40.1 Å². The number of thioether (sulfide) groups is 1. The Labute approximate surface area is 206 Å². The fourth-order valence-corrected chi connectivity index (χ4v) is 5.19. The van der Waals surface area contributed by atoms with Gasteiger partial charge in [0.25, 0.3) is 0 Å². The van der Waals surface area contributed by atoms with Crippen molar-refractivity contribution in [1.29, 1.82) is 0 Å². The van der Waals surface area contributed by atoms with Crippen molar-refractivity contribution in [2.75, 3.05) is 36.5 Å². The molecule has 1 atom stereocenters. The highest BCUT2D eigenvalue weighted by atomic mass is 32.2. The zero-order chi connectivity index (χ0) is 23.3. The largest absolute Gasteiger partial charge is 0.378 e. The van der Waals surface area contributed by atoms with Gasteiger partial charge < -0.3 is 15.0 Å². The monoisotopic (exact) mass is 492 g/mol. The van der Waals surface area contributed by atoms with Gasteiger partial charge in [0.1, 0.15) is 0 Å². The number of aromatic nitrogens is 4. The number of carbonyl (C=O) groups excluding carboxylic acids is 1. The number of hydrogen-bond donors (Lipinski definition) is 1. The quantitative estimate of drug-likeness (QED) is 0.384. The molecule has 174 valence electrons. The third kappa shape index (κ3) is 4.98. The van der Waals surface area contributed by atoms with E-state index in [-0.39, 0.29) is 5.91 Å². The summed E-state index contributed by atoms with van der Waals surface area (Å²) in [6.07, 6.45) is 0. The SMILES string of the molecule is CC(Sc1nnc(N2CCOCC2)n1-c1ccccc1)C(=O)Nc1nc(-c2ccccc2)cs1. The summed E-state index contributed by atoms with van der Waals surface area (Å²) in [5.74, 6) is 0.631. The van der Waals surface area contributed by atoms with E-state index in [0.717, 1.165) is 36.0 Å². The van der Waals surface area contributed by atoms with Crippen LogP contribution < -0.4 is 10.2 Å². The van der Waals surface area contributed by atoms with Crippen molar-refractivity contribution < 1.29 is 9.53 Å². The van der Waals surface area contributed by atoms with E-state index in [0.29, 0.717) is 23.5 Å². The van der Waals surface area contributed by atoms with Gasteiger partial charge in [-0.05, 0) is 19.1 Å². The second-order valence-electron chi connectivity index (χ2n) is 7.71. The van der Waals surface area contributed by atoms with Gasteiger partial charge in [-0.3, -0.25) is 9.36 Å². The van der Waals surface area contributed by atoms with Crippen molar-refractivity contribution in [3.05, 3.63) is 66.0 Å². The van der Waals surface area contributed by atoms with Crippen LogP contribution >= 0.6 is 23.1 Å². The van der Waals surface area contributed by atoms with E-state index in [9.17, 15) is 4.79 Å². The van der Waals surface area contributed by atoms with Crippen molar-refractivity contribution in [2.24, 2.45) is 0 Å². The molecule has 0 saturated carbocycles. The molecule has 0 spiro atoms. The first-order valence-electron chi connectivity index (χ1n) is 11.0. The predicted octanol–water partition coefficient (Wildman–Crippen LogP) is 4.35. The molecule has 1 fully saturated rings. The van der Waals surface area contributed by atoms with Gasteiger partial charge in [-0.1, -0.05) is 60.3 Å². The molecule has 1 aliphatic rings. The number of carbonyl (C=O) groups is 1. The van der Waals surface area contributed by atoms with Gasteiger partial charge in [0.15, 0.2) is 10.3 Å². The van der Waals surface area contributed by atoms with Crippen LogP contribution in [0.25, 0.3) is 16.9 Å². The predicted molar refractivity (Wildman–Crippen MR) is 136 cm³/mol. The van der Waals surface area contributed by atoms with E-state index in [2.05, 4.69) is 25.4 Å². The average molecular weight is 493 g/mol. The van der Waals surface area contributed by atoms with Gasteiger partial charge in [-0.25, -0.2) is 4.98 Å². The van der Waals surface area contributed by atoms with Crippen LogP contribution in [0.5, 0.6) is 0 Å². The van der Waals surface area contributed by atoms with Crippen molar-refractivity contribution in [2.45, 2.75) is 17.3 Å². The van der Waals surface area contributed by atoms with E-state index in [1.807, 2.05) is 77.5 Å². The molecule has 2 aromatic heterocycles. The van der Waals surface area contributed by atoms with Crippen LogP contribution in [0, 0.1) is 0 Å². The summed E-state index contributed by atoms with van der Waals surface area (Å²) < 4.78 is 7.50. The fraction of sp³-hybridized carbons (Fsp3) is 0.250. The molecular formula is C24H24N6O2S2. The van der Waals surface area contributed by atoms with Crippen molar-refractivity contribution in [3.8, 4) is 16.9 Å². The Morgan fingerprint density at radius 3 is 2.50 bits per heavy atom. The number of rotatable bonds is 7. The molecule has 0 radical (unpaired) electrons. The van der Waals surface area contributed by atoms with Gasteiger partial charge in [-0.2, -0.15) is 0 Å². The normalized spacial score (nSPS) is 14.7. The lowest BCUT2D eigenvalue weighted by atomic mass is 10.2. The van der Waals surface area contributed by atoms with E-state index in [4.69, 9.17) is 4.74 Å². The van der Waals surface area contributed by atoms with Crippen LogP contribution in [0.15, 0.2) is 71.2 Å². The number of thiazole rings is 1. The zero-order valence-electron chi connectivity index (χ0n) is 18.6. The Morgan fingerprint density at radius 2 is 1.76 bits per heavy atom. The second kappa shape index (κ2) is 10.4. The van der Waals surface area contributed by atoms with Crippen LogP contribution in [0.4, 0.5) is 11.1 Å². The summed E-state index contributed by atoms with van der Waals surface area (Å²) >= 11 is 2.79. The molecule has 34 heavy (non-hydrogen) atoms. The Bertz CT molecular complexity index is 1240. The molecule has 1 N–H and O–H groups in total. The third-order valence-electron chi connectivity index (χ3n) is 5.38. The highest BCUT2D eigenvalue weighted by Crippen LogP contribution is 2.31. The highest BCUT2D eigenvalue weighted by Gasteiger charge is 2.25. The number of amides is 1. The number of hydrogen-bond acceptors (Lipinski definition) is 8. The van der Waals surface area contributed by atoms with Crippen LogP contribution in [-0.2, 0) is 9.53 Å². The minimum atomic E-state index is -0.395. The fourth-order valence-electron chi connectivity index (χ4n) is 3.60. The topological polar surface area (TPSA) is 85.2 Å². The molecule has 2 aromatic carbocycles. The lowest BCUT2D eigenvalue weighted by Crippen LogP contribution is -2.37. The number of ether oxygens (including phenoxy) is 1. The van der Waals surface area contributed by atoms with Crippen LogP contribution in [0.2, 0.25) is 0 Å². The number of para-hydroxylation sites is 1. The van der Waals surface area contributed by atoms with E-state index in [1.165, 1.54) is 23.1 Å². The Hall–Kier alpha value is -3.21. The summed E-state index contributed by atoms with van der Waals surface area (Å²) in [5.41, 5.74) is 2.82. The lowest BCUT2D eigenvalue weighted by Gasteiger charge is -2.28. The molecule has 3 heterocycles. The molecular weight excluding hydrogens is 468 g/mol. The minimum Gasteiger partial charge on any atom is -0.378 e. The van der Waals surface area contributed by atoms with Crippen LogP contribution in [0.1, 0.15) is 6.92 Å². The summed E-state index contributed by atoms with van der Waals surface area (Å²) in [6, 6.07) is 19.9. The number of morpholine rings is 1. The van der Waals surface area contributed by atoms with Crippen molar-refractivity contribution in [1.82, 2.24) is 19.7 Å². The average Bonchev–Trinajstić information content (AvgIpc) is 3.53. The van der Waals surface area contributed by atoms with Gasteiger partial charge in [0.2, 0.25) is 11.9 Å². The van der Waals surface area contributed by atoms with Gasteiger partial charge >= 0.3 is 0 Å². The summed E-state index contributed by atoms with van der Waals surface area (Å²) in [4.78, 5) is 19.7. The first kappa shape index (κ1) is 22.6. The molecule has 8 nitrogen and oxygen atoms in total. The second-order valence-corrected chi connectivity index (χ2v) is 9.87. The standard InChI is InChI=1S/C24H24N6O2S2/c1-17(21(31)26-22-25-20(16-33-22)18-8-4-2-5-9-18)34-24-28-27-23(29-12-14-32-15-13-29)30(24)19-10-6-3-7-11-19/h2-11,16-17H,12-15H2,1H3,(H,25,26,31). The van der Waals surface area contributed by atoms with Crippen LogP contribution in [0.3, 0.4) is 0 Å². The first-order chi connectivity index (χ1) is 16.7. The molecule has 1 saturated heterocycles. The Balaban J connectivity index is 1.33. The number of benzene rings is 2. The van der Waals surface area contributed by atoms with Crippen LogP contribution in [-0.4, -0.2) is 57.2 Å².